The number of piperazine rings is 1. The van der Waals surface area contributed by atoms with Crippen LogP contribution in [0.15, 0.2) is 42.5 Å². The average molecular weight is 520 g/mol. The number of fused-ring (bicyclic) bond motifs is 5. The van der Waals surface area contributed by atoms with E-state index in [1.165, 1.54) is 0 Å². The van der Waals surface area contributed by atoms with Crippen molar-refractivity contribution < 1.29 is 24.2 Å². The number of methoxy groups -OCH3 is 1. The normalized spacial score (nSPS) is 21.0. The first-order valence-corrected chi connectivity index (χ1v) is 13.6. The molecule has 0 saturated carbocycles. The maximum absolute atomic E-state index is 14.0. The first-order chi connectivity index (χ1) is 18.4. The molecule has 2 aliphatic heterocycles. The Morgan fingerprint density at radius 2 is 1.92 bits per heavy atom. The molecule has 3 heterocycles. The Morgan fingerprint density at radius 3 is 2.68 bits per heavy atom. The van der Waals surface area contributed by atoms with Crippen LogP contribution in [0.2, 0.25) is 0 Å². The molecule has 0 unspecified atom stereocenters. The molecule has 0 aliphatic carbocycles. The molecule has 2 N–H and O–H groups in total. The predicted molar refractivity (Wildman–Crippen MR) is 146 cm³/mol. The summed E-state index contributed by atoms with van der Waals surface area (Å²) in [5.41, 5.74) is 2.66. The smallest absolute Gasteiger partial charge is 0.254 e. The largest absolute Gasteiger partial charge is 0.493 e. The number of aromatic nitrogens is 1. The molecule has 8 heteroatoms. The molecule has 0 bridgehead atoms. The third kappa shape index (κ3) is 4.30. The number of aromatic amines is 1. The van der Waals surface area contributed by atoms with Gasteiger partial charge in [0.2, 0.25) is 5.91 Å². The molecule has 2 aromatic carbocycles. The Morgan fingerprint density at radius 1 is 1.11 bits per heavy atom. The van der Waals surface area contributed by atoms with Crippen LogP contribution >= 0.6 is 0 Å². The minimum Gasteiger partial charge on any atom is -0.493 e. The van der Waals surface area contributed by atoms with Crippen molar-refractivity contribution in [2.75, 3.05) is 40.0 Å². The van der Waals surface area contributed by atoms with E-state index < -0.39 is 5.54 Å². The number of rotatable bonds is 10. The van der Waals surface area contributed by atoms with E-state index in [1.54, 1.807) is 16.9 Å². The number of H-pyrrole nitrogens is 1. The van der Waals surface area contributed by atoms with Gasteiger partial charge in [0.15, 0.2) is 17.0 Å². The van der Waals surface area contributed by atoms with E-state index in [4.69, 9.17) is 14.6 Å². The number of amides is 2. The molecule has 5 rings (SSSR count). The fourth-order valence-corrected chi connectivity index (χ4v) is 5.98. The van der Waals surface area contributed by atoms with Crippen molar-refractivity contribution in [2.24, 2.45) is 0 Å². The Kier molecular flexibility index (Phi) is 7.34. The highest BCUT2D eigenvalue weighted by molar-refractivity contribution is 6.01. The van der Waals surface area contributed by atoms with Crippen LogP contribution in [-0.4, -0.2) is 71.7 Å². The zero-order chi connectivity index (χ0) is 26.9. The number of para-hydroxylation sites is 1. The van der Waals surface area contributed by atoms with Crippen LogP contribution in [-0.2, 0) is 15.1 Å². The number of hydrogen-bond acceptors (Lipinski definition) is 5. The molecule has 1 saturated heterocycles. The zero-order valence-corrected chi connectivity index (χ0v) is 22.5. The van der Waals surface area contributed by atoms with Gasteiger partial charge >= 0.3 is 0 Å². The second-order valence-corrected chi connectivity index (χ2v) is 10.4. The Bertz CT molecular complexity index is 1330. The Labute approximate surface area is 223 Å². The molecule has 1 fully saturated rings. The third-order valence-electron chi connectivity index (χ3n) is 7.96. The van der Waals surface area contributed by atoms with Gasteiger partial charge in [0, 0.05) is 36.5 Å². The molecule has 202 valence electrons. The summed E-state index contributed by atoms with van der Waals surface area (Å²) in [6.45, 7) is 5.64. The van der Waals surface area contributed by atoms with E-state index in [-0.39, 0.29) is 30.9 Å². The van der Waals surface area contributed by atoms with Crippen LogP contribution in [0.1, 0.15) is 62.3 Å². The maximum Gasteiger partial charge on any atom is 0.254 e. The van der Waals surface area contributed by atoms with Crippen molar-refractivity contribution in [3.05, 3.63) is 59.3 Å². The van der Waals surface area contributed by atoms with E-state index in [2.05, 4.69) is 18.0 Å². The summed E-state index contributed by atoms with van der Waals surface area (Å²) >= 11 is 0. The van der Waals surface area contributed by atoms with Crippen molar-refractivity contribution in [1.82, 2.24) is 14.8 Å². The van der Waals surface area contributed by atoms with Crippen molar-refractivity contribution in [3.8, 4) is 11.5 Å². The number of nitrogens with zero attached hydrogens (tertiary/aromatic N) is 2. The molecule has 3 aromatic rings. The van der Waals surface area contributed by atoms with E-state index in [0.717, 1.165) is 47.0 Å². The van der Waals surface area contributed by atoms with Gasteiger partial charge in [-0.05, 0) is 61.9 Å². The standard InChI is InChI=1S/C30H37N3O5/c1-4-16-38-24-13-12-20(17-25(24)37-3)22-18-33-26(35)19-32(14-8-5-9-15-34)29(36)30(33,2)28-27(22)21-10-6-7-11-23(21)31-28/h6-7,10-13,17,22,31,34H,4-5,8-9,14-16,18-19H2,1-3H3/t22-,30+/m1/s1. The summed E-state index contributed by atoms with van der Waals surface area (Å²) in [7, 11) is 1.63. The molecule has 2 aliphatic rings. The van der Waals surface area contributed by atoms with Gasteiger partial charge in [-0.2, -0.15) is 0 Å². The van der Waals surface area contributed by atoms with Gasteiger partial charge in [-0.15, -0.1) is 0 Å². The number of carbonyl (C=O) groups excluding carboxylic acids is 2. The number of aliphatic hydroxyl groups is 1. The van der Waals surface area contributed by atoms with Crippen molar-refractivity contribution in [3.63, 3.8) is 0 Å². The third-order valence-corrected chi connectivity index (χ3v) is 7.96. The summed E-state index contributed by atoms with van der Waals surface area (Å²) in [6.07, 6.45) is 3.16. The lowest BCUT2D eigenvalue weighted by atomic mass is 9.76. The van der Waals surface area contributed by atoms with E-state index >= 15 is 0 Å². The zero-order valence-electron chi connectivity index (χ0n) is 22.5. The van der Waals surface area contributed by atoms with Gasteiger partial charge in [-0.3, -0.25) is 9.59 Å². The summed E-state index contributed by atoms with van der Waals surface area (Å²) in [6, 6.07) is 14.0. The van der Waals surface area contributed by atoms with Gasteiger partial charge in [0.25, 0.3) is 5.91 Å². The van der Waals surface area contributed by atoms with Crippen LogP contribution in [0.25, 0.3) is 10.9 Å². The summed E-state index contributed by atoms with van der Waals surface area (Å²) in [5, 5.41) is 10.2. The lowest BCUT2D eigenvalue weighted by Gasteiger charge is -2.51. The maximum atomic E-state index is 14.0. The molecule has 8 nitrogen and oxygen atoms in total. The summed E-state index contributed by atoms with van der Waals surface area (Å²) in [5.74, 6) is 1.09. The van der Waals surface area contributed by atoms with Gasteiger partial charge in [0.1, 0.15) is 0 Å². The predicted octanol–water partition coefficient (Wildman–Crippen LogP) is 4.16. The number of benzene rings is 2. The number of nitrogens with one attached hydrogen (secondary N) is 1. The fourth-order valence-electron chi connectivity index (χ4n) is 5.98. The van der Waals surface area contributed by atoms with Crippen molar-refractivity contribution in [1.29, 1.82) is 0 Å². The van der Waals surface area contributed by atoms with Crippen LogP contribution in [0.4, 0.5) is 0 Å². The van der Waals surface area contributed by atoms with E-state index in [1.807, 2.05) is 43.3 Å². The summed E-state index contributed by atoms with van der Waals surface area (Å²) < 4.78 is 11.6. The van der Waals surface area contributed by atoms with Crippen LogP contribution in [0.3, 0.4) is 0 Å². The van der Waals surface area contributed by atoms with Gasteiger partial charge in [-0.25, -0.2) is 0 Å². The first-order valence-electron chi connectivity index (χ1n) is 13.6. The lowest BCUT2D eigenvalue weighted by molar-refractivity contribution is -0.166. The summed E-state index contributed by atoms with van der Waals surface area (Å²) in [4.78, 5) is 34.6. The van der Waals surface area contributed by atoms with Gasteiger partial charge in [-0.1, -0.05) is 31.2 Å². The number of carbonyl (C=O) groups is 2. The average Bonchev–Trinajstić information content (AvgIpc) is 3.33. The number of aliphatic hydroxyl groups excluding tert-OH is 1. The van der Waals surface area contributed by atoms with Crippen LogP contribution in [0, 0.1) is 0 Å². The van der Waals surface area contributed by atoms with Crippen LogP contribution in [0.5, 0.6) is 11.5 Å². The number of ether oxygens (including phenoxy) is 2. The molecule has 1 aromatic heterocycles. The highest BCUT2D eigenvalue weighted by atomic mass is 16.5. The molecule has 0 spiro atoms. The highest BCUT2D eigenvalue weighted by Crippen LogP contribution is 2.49. The molecular formula is C30H37N3O5. The van der Waals surface area contributed by atoms with Crippen LogP contribution < -0.4 is 9.47 Å². The number of unbranched alkanes of at least 4 members (excludes halogenated alkanes) is 2. The van der Waals surface area contributed by atoms with Gasteiger partial charge < -0.3 is 29.4 Å². The SMILES string of the molecule is CCCOc1ccc([C@H]2CN3C(=O)CN(CCCCCO)C(=O)[C@]3(C)c3[nH]c4ccccc4c32)cc1OC. The highest BCUT2D eigenvalue weighted by Gasteiger charge is 2.56. The molecule has 2 atom stereocenters. The Balaban J connectivity index is 1.60. The first kappa shape index (κ1) is 26.1. The molecule has 2 amide bonds. The van der Waals surface area contributed by atoms with Crippen molar-refractivity contribution >= 4 is 22.7 Å². The molecular weight excluding hydrogens is 482 g/mol. The topological polar surface area (TPSA) is 95.1 Å². The Hall–Kier alpha value is -3.52. The quantitative estimate of drug-likeness (QED) is 0.392. The lowest BCUT2D eigenvalue weighted by Crippen LogP contribution is -2.67. The second-order valence-electron chi connectivity index (χ2n) is 10.4. The van der Waals surface area contributed by atoms with E-state index in [9.17, 15) is 9.59 Å². The molecule has 38 heavy (non-hydrogen) atoms. The van der Waals surface area contributed by atoms with E-state index in [0.29, 0.717) is 37.6 Å². The molecule has 0 radical (unpaired) electrons. The fraction of sp³-hybridized carbons (Fsp3) is 0.467. The number of hydrogen-bond donors (Lipinski definition) is 2. The minimum atomic E-state index is -1.12. The minimum absolute atomic E-state index is 0.0570. The van der Waals surface area contributed by atoms with Gasteiger partial charge in [0.05, 0.1) is 26.0 Å². The second kappa shape index (κ2) is 10.7. The monoisotopic (exact) mass is 519 g/mol. The van der Waals surface area contributed by atoms with Crippen molar-refractivity contribution in [2.45, 2.75) is 51.0 Å².